The Morgan fingerprint density at radius 3 is 2.67 bits per heavy atom. The van der Waals surface area contributed by atoms with Crippen LogP contribution in [0.25, 0.3) is 0 Å². The minimum atomic E-state index is -3.35. The number of hydrogen-bond acceptors (Lipinski definition) is 4. The van der Waals surface area contributed by atoms with E-state index >= 15 is 0 Å². The normalized spacial score (nSPS) is 13.8. The fourth-order valence-corrected chi connectivity index (χ4v) is 1.64. The minimum absolute atomic E-state index is 0.116. The maximum atomic E-state index is 11.0. The Bertz CT molecular complexity index is 254. The van der Waals surface area contributed by atoms with Gasteiger partial charge in [-0.3, -0.25) is 0 Å². The first-order valence-corrected chi connectivity index (χ1v) is 5.05. The van der Waals surface area contributed by atoms with Crippen molar-refractivity contribution in [2.75, 3.05) is 19.5 Å². The van der Waals surface area contributed by atoms with Crippen LogP contribution in [0, 0.1) is 11.3 Å². The smallest absolute Gasteiger partial charge is 0.215 e. The summed E-state index contributed by atoms with van der Waals surface area (Å²) >= 11 is 0. The molecule has 5 nitrogen and oxygen atoms in total. The van der Waals surface area contributed by atoms with Gasteiger partial charge in [0.05, 0.1) is 18.4 Å². The molecule has 0 aliphatic heterocycles. The minimum Gasteiger partial charge on any atom is -0.384 e. The highest BCUT2D eigenvalue weighted by Crippen LogP contribution is 1.88. The van der Waals surface area contributed by atoms with Gasteiger partial charge >= 0.3 is 0 Å². The summed E-state index contributed by atoms with van der Waals surface area (Å²) in [6.45, 7) is 1.61. The van der Waals surface area contributed by atoms with Gasteiger partial charge in [0.2, 0.25) is 10.0 Å². The van der Waals surface area contributed by atoms with Crippen molar-refractivity contribution >= 4 is 10.0 Å². The van der Waals surface area contributed by atoms with Crippen LogP contribution < -0.4 is 4.72 Å². The van der Waals surface area contributed by atoms with E-state index in [0.29, 0.717) is 0 Å². The van der Waals surface area contributed by atoms with Crippen LogP contribution in [0.15, 0.2) is 0 Å². The molecule has 0 rings (SSSR count). The van der Waals surface area contributed by atoms with Crippen molar-refractivity contribution < 1.29 is 13.2 Å². The fourth-order valence-electron chi connectivity index (χ4n) is 0.548. The maximum absolute atomic E-state index is 11.0. The molecule has 70 valence electrons. The molecule has 6 heteroatoms. The lowest BCUT2D eigenvalue weighted by Gasteiger charge is -2.06. The Labute approximate surface area is 72.4 Å². The van der Waals surface area contributed by atoms with Gasteiger partial charge in [0, 0.05) is 7.11 Å². The van der Waals surface area contributed by atoms with Crippen LogP contribution in [0.3, 0.4) is 0 Å². The van der Waals surface area contributed by atoms with Crippen molar-refractivity contribution in [1.82, 2.24) is 4.72 Å². The van der Waals surface area contributed by atoms with Gasteiger partial charge in [-0.2, -0.15) is 9.98 Å². The van der Waals surface area contributed by atoms with Crippen LogP contribution in [0.2, 0.25) is 0 Å². The predicted octanol–water partition coefficient (Wildman–Crippen LogP) is -0.536. The van der Waals surface area contributed by atoms with Crippen molar-refractivity contribution in [2.24, 2.45) is 0 Å². The van der Waals surface area contributed by atoms with Gasteiger partial charge in [0.1, 0.15) is 6.04 Å². The van der Waals surface area contributed by atoms with E-state index < -0.39 is 16.1 Å². The molecule has 0 aliphatic rings. The van der Waals surface area contributed by atoms with Crippen molar-refractivity contribution in [3.63, 3.8) is 0 Å². The summed E-state index contributed by atoms with van der Waals surface area (Å²) in [7, 11) is -1.93. The maximum Gasteiger partial charge on any atom is 0.215 e. The van der Waals surface area contributed by atoms with Gasteiger partial charge in [-0.1, -0.05) is 0 Å². The zero-order chi connectivity index (χ0) is 9.61. The van der Waals surface area contributed by atoms with Crippen LogP contribution in [0.5, 0.6) is 0 Å². The molecular formula is C6H12N2O3S. The molecule has 0 saturated carbocycles. The molecule has 0 aliphatic carbocycles. The van der Waals surface area contributed by atoms with Crippen LogP contribution in [-0.4, -0.2) is 33.9 Å². The molecule has 12 heavy (non-hydrogen) atoms. The first kappa shape index (κ1) is 11.4. The summed E-state index contributed by atoms with van der Waals surface area (Å²) < 4.78 is 28.8. The number of ether oxygens (including phenoxy) is 1. The summed E-state index contributed by atoms with van der Waals surface area (Å²) in [6, 6.07) is 1.08. The molecule has 0 aromatic heterocycles. The van der Waals surface area contributed by atoms with E-state index in [1.54, 1.807) is 6.07 Å². The Hall–Kier alpha value is -0.640. The quantitative estimate of drug-likeness (QED) is 0.634. The first-order valence-electron chi connectivity index (χ1n) is 3.40. The van der Waals surface area contributed by atoms with Crippen molar-refractivity contribution in [2.45, 2.75) is 13.0 Å². The SMILES string of the molecule is COCCS(=O)(=O)NC(C)C#N. The number of sulfonamides is 1. The largest absolute Gasteiger partial charge is 0.384 e. The number of hydrogen-bond donors (Lipinski definition) is 1. The molecule has 0 saturated heterocycles. The number of methoxy groups -OCH3 is 1. The Balaban J connectivity index is 3.99. The van der Waals surface area contributed by atoms with Gasteiger partial charge < -0.3 is 4.74 Å². The summed E-state index contributed by atoms with van der Waals surface area (Å²) in [6.07, 6.45) is 0. The molecule has 0 fully saturated rings. The van der Waals surface area contributed by atoms with E-state index in [4.69, 9.17) is 5.26 Å². The first-order chi connectivity index (χ1) is 5.52. The standard InChI is InChI=1S/C6H12N2O3S/c1-6(5-7)8-12(9,10)4-3-11-2/h6,8H,3-4H2,1-2H3. The molecule has 0 radical (unpaired) electrons. The molecule has 1 N–H and O–H groups in total. The Morgan fingerprint density at radius 1 is 1.67 bits per heavy atom. The Kier molecular flexibility index (Phi) is 4.81. The second-order valence-electron chi connectivity index (χ2n) is 2.28. The fraction of sp³-hybridized carbons (Fsp3) is 0.833. The number of nitrogens with zero attached hydrogens (tertiary/aromatic N) is 1. The van der Waals surface area contributed by atoms with E-state index in [9.17, 15) is 8.42 Å². The van der Waals surface area contributed by atoms with E-state index in [1.165, 1.54) is 14.0 Å². The van der Waals surface area contributed by atoms with E-state index in [1.807, 2.05) is 0 Å². The molecule has 0 amide bonds. The Morgan fingerprint density at radius 2 is 2.25 bits per heavy atom. The molecular weight excluding hydrogens is 180 g/mol. The number of nitriles is 1. The van der Waals surface area contributed by atoms with Crippen LogP contribution >= 0.6 is 0 Å². The van der Waals surface area contributed by atoms with Crippen LogP contribution in [0.1, 0.15) is 6.92 Å². The average molecular weight is 192 g/mol. The second-order valence-corrected chi connectivity index (χ2v) is 4.15. The average Bonchev–Trinajstić information content (AvgIpc) is 2.00. The third kappa shape index (κ3) is 5.07. The van der Waals surface area contributed by atoms with Gasteiger partial charge in [0.25, 0.3) is 0 Å². The van der Waals surface area contributed by atoms with Gasteiger partial charge in [-0.05, 0) is 6.92 Å². The van der Waals surface area contributed by atoms with Gasteiger partial charge in [-0.15, -0.1) is 0 Å². The molecule has 0 spiro atoms. The highest BCUT2D eigenvalue weighted by molar-refractivity contribution is 7.89. The van der Waals surface area contributed by atoms with E-state index in [0.717, 1.165) is 0 Å². The monoisotopic (exact) mass is 192 g/mol. The number of nitrogens with one attached hydrogen (secondary N) is 1. The highest BCUT2D eigenvalue weighted by atomic mass is 32.2. The molecule has 0 bridgehead atoms. The van der Waals surface area contributed by atoms with Crippen molar-refractivity contribution in [3.8, 4) is 6.07 Å². The highest BCUT2D eigenvalue weighted by Gasteiger charge is 2.12. The van der Waals surface area contributed by atoms with Crippen LogP contribution in [0.4, 0.5) is 0 Å². The van der Waals surface area contributed by atoms with Gasteiger partial charge in [-0.25, -0.2) is 8.42 Å². The lowest BCUT2D eigenvalue weighted by Crippen LogP contribution is -2.34. The van der Waals surface area contributed by atoms with Crippen molar-refractivity contribution in [1.29, 1.82) is 5.26 Å². The number of rotatable bonds is 5. The summed E-state index contributed by atoms with van der Waals surface area (Å²) in [4.78, 5) is 0. The predicted molar refractivity (Wildman–Crippen MR) is 43.9 cm³/mol. The molecule has 1 atom stereocenters. The molecule has 1 unspecified atom stereocenters. The second kappa shape index (κ2) is 5.09. The summed E-state index contributed by atoms with van der Waals surface area (Å²) in [5, 5.41) is 8.32. The van der Waals surface area contributed by atoms with E-state index in [2.05, 4.69) is 9.46 Å². The summed E-state index contributed by atoms with van der Waals surface area (Å²) in [5.41, 5.74) is 0. The lowest BCUT2D eigenvalue weighted by atomic mass is 10.4. The summed E-state index contributed by atoms with van der Waals surface area (Å²) in [5.74, 6) is -0.116. The lowest BCUT2D eigenvalue weighted by molar-refractivity contribution is 0.217. The molecule has 0 aromatic rings. The third-order valence-corrected chi connectivity index (χ3v) is 2.52. The molecule has 0 heterocycles. The van der Waals surface area contributed by atoms with E-state index in [-0.39, 0.29) is 12.4 Å². The third-order valence-electron chi connectivity index (χ3n) is 1.11. The zero-order valence-corrected chi connectivity index (χ0v) is 7.89. The topological polar surface area (TPSA) is 79.2 Å². The van der Waals surface area contributed by atoms with Crippen molar-refractivity contribution in [3.05, 3.63) is 0 Å². The molecule has 0 aromatic carbocycles. The van der Waals surface area contributed by atoms with Gasteiger partial charge in [0.15, 0.2) is 0 Å². The zero-order valence-electron chi connectivity index (χ0n) is 7.07. The van der Waals surface area contributed by atoms with Crippen LogP contribution in [-0.2, 0) is 14.8 Å².